The number of carboxylic acids is 1. The summed E-state index contributed by atoms with van der Waals surface area (Å²) in [5.74, 6) is -2.87. The van der Waals surface area contributed by atoms with Crippen molar-refractivity contribution in [2.24, 2.45) is 0 Å². The number of thioether (sulfide) groups is 1. The molecule has 0 spiro atoms. The molecule has 1 N–H and O–H groups in total. The molecule has 0 heterocycles. The predicted molar refractivity (Wildman–Crippen MR) is 50.1 cm³/mol. The van der Waals surface area contributed by atoms with Crippen LogP contribution in [0.2, 0.25) is 0 Å². The first-order chi connectivity index (χ1) is 7.27. The molecular weight excluding hydrogens is 248 g/mol. The summed E-state index contributed by atoms with van der Waals surface area (Å²) in [6.45, 7) is 0. The summed E-state index contributed by atoms with van der Waals surface area (Å²) >= 11 is 0.719. The van der Waals surface area contributed by atoms with Gasteiger partial charge in [-0.15, -0.1) is 11.8 Å². The summed E-state index contributed by atoms with van der Waals surface area (Å²) in [4.78, 5) is 10.2. The maximum absolute atomic E-state index is 13.3. The Kier molecular flexibility index (Phi) is 3.47. The number of hydrogen-bond acceptors (Lipinski definition) is 2. The Morgan fingerprint density at radius 2 is 1.94 bits per heavy atom. The monoisotopic (exact) mass is 254 g/mol. The van der Waals surface area contributed by atoms with E-state index in [0.29, 0.717) is 6.07 Å². The maximum Gasteiger partial charge on any atom is 0.416 e. The molecule has 0 radical (unpaired) electrons. The lowest BCUT2D eigenvalue weighted by Gasteiger charge is -2.10. The van der Waals surface area contributed by atoms with Gasteiger partial charge in [-0.05, 0) is 18.4 Å². The van der Waals surface area contributed by atoms with Crippen LogP contribution in [0.15, 0.2) is 17.0 Å². The Labute approximate surface area is 92.3 Å². The molecule has 2 nitrogen and oxygen atoms in total. The van der Waals surface area contributed by atoms with Crippen molar-refractivity contribution in [1.29, 1.82) is 0 Å². The highest BCUT2D eigenvalue weighted by Crippen LogP contribution is 2.34. The number of rotatable bonds is 2. The summed E-state index contributed by atoms with van der Waals surface area (Å²) < 4.78 is 50.4. The molecule has 16 heavy (non-hydrogen) atoms. The Bertz CT molecular complexity index is 428. The van der Waals surface area contributed by atoms with Crippen molar-refractivity contribution in [3.8, 4) is 0 Å². The van der Waals surface area contributed by atoms with Gasteiger partial charge in [0, 0.05) is 4.90 Å². The van der Waals surface area contributed by atoms with Gasteiger partial charge in [-0.1, -0.05) is 0 Å². The van der Waals surface area contributed by atoms with Gasteiger partial charge in [0.05, 0.1) is 11.1 Å². The van der Waals surface area contributed by atoms with Gasteiger partial charge in [-0.25, -0.2) is 9.18 Å². The van der Waals surface area contributed by atoms with Crippen molar-refractivity contribution < 1.29 is 27.5 Å². The van der Waals surface area contributed by atoms with Crippen molar-refractivity contribution in [3.63, 3.8) is 0 Å². The number of alkyl halides is 3. The zero-order valence-electron chi connectivity index (χ0n) is 7.93. The molecule has 0 aliphatic rings. The van der Waals surface area contributed by atoms with Gasteiger partial charge in [0.25, 0.3) is 0 Å². The van der Waals surface area contributed by atoms with E-state index in [1.165, 1.54) is 6.26 Å². The maximum atomic E-state index is 13.3. The number of halogens is 4. The summed E-state index contributed by atoms with van der Waals surface area (Å²) in [6.07, 6.45) is -3.33. The third-order valence-electron chi connectivity index (χ3n) is 1.82. The molecular formula is C9H6F4O2S. The molecule has 1 rings (SSSR count). The first-order valence-electron chi connectivity index (χ1n) is 3.95. The average Bonchev–Trinajstić information content (AvgIpc) is 2.15. The van der Waals surface area contributed by atoms with Crippen LogP contribution in [0.4, 0.5) is 17.6 Å². The number of carbonyl (C=O) groups is 1. The van der Waals surface area contributed by atoms with E-state index in [-0.39, 0.29) is 11.0 Å². The van der Waals surface area contributed by atoms with E-state index in [1.807, 2.05) is 0 Å². The summed E-state index contributed by atoms with van der Waals surface area (Å²) in [5.41, 5.74) is -2.14. The highest BCUT2D eigenvalue weighted by atomic mass is 32.2. The second-order valence-corrected chi connectivity index (χ2v) is 3.69. The molecule has 0 aromatic heterocycles. The fourth-order valence-corrected chi connectivity index (χ4v) is 1.60. The number of benzene rings is 1. The minimum atomic E-state index is -4.69. The third-order valence-corrected chi connectivity index (χ3v) is 2.55. The number of aromatic carboxylic acids is 1. The minimum absolute atomic E-state index is 0.289. The van der Waals surface area contributed by atoms with Gasteiger partial charge in [-0.3, -0.25) is 0 Å². The van der Waals surface area contributed by atoms with E-state index in [9.17, 15) is 22.4 Å². The summed E-state index contributed by atoms with van der Waals surface area (Å²) in [7, 11) is 0. The van der Waals surface area contributed by atoms with E-state index in [0.717, 1.165) is 11.8 Å². The van der Waals surface area contributed by atoms with E-state index in [1.54, 1.807) is 0 Å². The predicted octanol–water partition coefficient (Wildman–Crippen LogP) is 3.26. The SMILES string of the molecule is CSc1cc(C(F)(F)F)cc(C(=O)O)c1F. The second-order valence-electron chi connectivity index (χ2n) is 2.84. The van der Waals surface area contributed by atoms with Crippen LogP contribution >= 0.6 is 11.8 Å². The van der Waals surface area contributed by atoms with E-state index in [4.69, 9.17) is 5.11 Å². The molecule has 7 heteroatoms. The average molecular weight is 254 g/mol. The van der Waals surface area contributed by atoms with Crippen molar-refractivity contribution in [2.45, 2.75) is 11.1 Å². The van der Waals surface area contributed by atoms with Crippen LogP contribution in [-0.2, 0) is 6.18 Å². The van der Waals surface area contributed by atoms with Gasteiger partial charge in [-0.2, -0.15) is 13.2 Å². The molecule has 1 aromatic carbocycles. The highest BCUT2D eigenvalue weighted by Gasteiger charge is 2.33. The smallest absolute Gasteiger partial charge is 0.416 e. The molecule has 88 valence electrons. The summed E-state index contributed by atoms with van der Waals surface area (Å²) in [6, 6.07) is 0.879. The van der Waals surface area contributed by atoms with Crippen LogP contribution in [0.5, 0.6) is 0 Å². The van der Waals surface area contributed by atoms with Crippen molar-refractivity contribution in [2.75, 3.05) is 6.26 Å². The quantitative estimate of drug-likeness (QED) is 0.650. The third kappa shape index (κ3) is 2.46. The molecule has 0 aliphatic heterocycles. The van der Waals surface area contributed by atoms with Gasteiger partial charge < -0.3 is 5.11 Å². The Morgan fingerprint density at radius 3 is 2.31 bits per heavy atom. The molecule has 0 bridgehead atoms. The van der Waals surface area contributed by atoms with E-state index in [2.05, 4.69) is 0 Å². The zero-order valence-corrected chi connectivity index (χ0v) is 8.75. The summed E-state index contributed by atoms with van der Waals surface area (Å²) in [5, 5.41) is 8.56. The minimum Gasteiger partial charge on any atom is -0.478 e. The molecule has 0 saturated heterocycles. The van der Waals surface area contributed by atoms with Gasteiger partial charge in [0.1, 0.15) is 0 Å². The largest absolute Gasteiger partial charge is 0.478 e. The lowest BCUT2D eigenvalue weighted by molar-refractivity contribution is -0.137. The Morgan fingerprint density at radius 1 is 1.38 bits per heavy atom. The lowest BCUT2D eigenvalue weighted by atomic mass is 10.1. The van der Waals surface area contributed by atoms with Crippen LogP contribution in [0, 0.1) is 5.82 Å². The molecule has 0 unspecified atom stereocenters. The van der Waals surface area contributed by atoms with E-state index < -0.39 is 29.1 Å². The van der Waals surface area contributed by atoms with Gasteiger partial charge in [0.2, 0.25) is 0 Å². The van der Waals surface area contributed by atoms with Crippen molar-refractivity contribution in [3.05, 3.63) is 29.1 Å². The van der Waals surface area contributed by atoms with Crippen LogP contribution in [0.25, 0.3) is 0 Å². The molecule has 0 saturated carbocycles. The molecule has 1 aromatic rings. The van der Waals surface area contributed by atoms with Crippen LogP contribution in [-0.4, -0.2) is 17.3 Å². The highest BCUT2D eigenvalue weighted by molar-refractivity contribution is 7.98. The standard InChI is InChI=1S/C9H6F4O2S/c1-16-6-3-4(9(11,12)13)2-5(7(6)10)8(14)15/h2-3H,1H3,(H,14,15). The first kappa shape index (κ1) is 12.8. The molecule has 0 atom stereocenters. The lowest BCUT2D eigenvalue weighted by Crippen LogP contribution is -2.10. The van der Waals surface area contributed by atoms with Gasteiger partial charge >= 0.3 is 12.1 Å². The topological polar surface area (TPSA) is 37.3 Å². The van der Waals surface area contributed by atoms with Crippen molar-refractivity contribution in [1.82, 2.24) is 0 Å². The molecule has 0 amide bonds. The van der Waals surface area contributed by atoms with E-state index >= 15 is 0 Å². The molecule has 0 fully saturated rings. The fourth-order valence-electron chi connectivity index (χ4n) is 1.07. The number of carboxylic acid groups (broad SMARTS) is 1. The van der Waals surface area contributed by atoms with Crippen LogP contribution < -0.4 is 0 Å². The van der Waals surface area contributed by atoms with Crippen LogP contribution in [0.1, 0.15) is 15.9 Å². The van der Waals surface area contributed by atoms with Crippen molar-refractivity contribution >= 4 is 17.7 Å². The Balaban J connectivity index is 3.46. The normalized spacial score (nSPS) is 11.6. The molecule has 0 aliphatic carbocycles. The zero-order chi connectivity index (χ0) is 12.5. The van der Waals surface area contributed by atoms with Gasteiger partial charge in [0.15, 0.2) is 5.82 Å². The first-order valence-corrected chi connectivity index (χ1v) is 5.18. The second kappa shape index (κ2) is 4.32. The fraction of sp³-hybridized carbons (Fsp3) is 0.222. The Hall–Kier alpha value is -1.24. The van der Waals surface area contributed by atoms with Crippen LogP contribution in [0.3, 0.4) is 0 Å². The number of hydrogen-bond donors (Lipinski definition) is 1.